The minimum absolute atomic E-state index is 0.0139. The Morgan fingerprint density at radius 1 is 1.00 bits per heavy atom. The van der Waals surface area contributed by atoms with Crippen molar-refractivity contribution in [3.63, 3.8) is 0 Å². The van der Waals surface area contributed by atoms with Gasteiger partial charge in [0, 0.05) is 18.0 Å². The van der Waals surface area contributed by atoms with E-state index in [-0.39, 0.29) is 37.0 Å². The Morgan fingerprint density at radius 2 is 1.75 bits per heavy atom. The lowest BCUT2D eigenvalue weighted by atomic mass is 10.2. The van der Waals surface area contributed by atoms with Crippen molar-refractivity contribution in [2.75, 3.05) is 34.0 Å². The van der Waals surface area contributed by atoms with E-state index in [0.717, 1.165) is 0 Å². The van der Waals surface area contributed by atoms with E-state index in [4.69, 9.17) is 14.2 Å². The van der Waals surface area contributed by atoms with E-state index >= 15 is 0 Å². The van der Waals surface area contributed by atoms with Crippen LogP contribution in [0.2, 0.25) is 0 Å². The minimum atomic E-state index is -0.608. The number of nitrogens with zero attached hydrogens (tertiary/aromatic N) is 1. The molecule has 148 valence electrons. The zero-order valence-electron chi connectivity index (χ0n) is 15.5. The summed E-state index contributed by atoms with van der Waals surface area (Å²) in [6.07, 6.45) is 3.02. The second-order valence-electron chi connectivity index (χ2n) is 5.36. The van der Waals surface area contributed by atoms with Gasteiger partial charge in [-0.15, -0.1) is 0 Å². The molecular weight excluding hydrogens is 368 g/mol. The van der Waals surface area contributed by atoms with Crippen LogP contribution in [0.5, 0.6) is 11.5 Å². The van der Waals surface area contributed by atoms with E-state index < -0.39 is 11.9 Å². The Hall–Kier alpha value is -3.62. The molecule has 9 heteroatoms. The first-order chi connectivity index (χ1) is 13.5. The Morgan fingerprint density at radius 3 is 2.43 bits per heavy atom. The summed E-state index contributed by atoms with van der Waals surface area (Å²) >= 11 is 0. The molecule has 0 spiro atoms. The Balaban J connectivity index is 1.87. The Labute approximate surface area is 161 Å². The van der Waals surface area contributed by atoms with Crippen LogP contribution in [-0.2, 0) is 14.3 Å². The second kappa shape index (κ2) is 10.5. The summed E-state index contributed by atoms with van der Waals surface area (Å²) in [6.45, 7) is -0.193. The first-order valence-corrected chi connectivity index (χ1v) is 8.28. The summed E-state index contributed by atoms with van der Waals surface area (Å²) in [6, 6.07) is 7.58. The summed E-state index contributed by atoms with van der Waals surface area (Å²) in [5, 5.41) is 2.63. The fraction of sp³-hybridized carbons (Fsp3) is 0.263. The first-order valence-electron chi connectivity index (χ1n) is 8.28. The normalized spacial score (nSPS) is 9.93. The molecule has 0 unspecified atom stereocenters. The van der Waals surface area contributed by atoms with Gasteiger partial charge in [0.25, 0.3) is 5.91 Å². The maximum absolute atomic E-state index is 12.2. The van der Waals surface area contributed by atoms with Gasteiger partial charge in [-0.1, -0.05) is 0 Å². The van der Waals surface area contributed by atoms with Crippen LogP contribution in [-0.4, -0.2) is 56.8 Å². The molecule has 0 fully saturated rings. The molecule has 0 atom stereocenters. The third-order valence-corrected chi connectivity index (χ3v) is 3.54. The summed E-state index contributed by atoms with van der Waals surface area (Å²) in [5.74, 6) is -0.913. The van der Waals surface area contributed by atoms with Gasteiger partial charge in [-0.2, -0.15) is 0 Å². The zero-order chi connectivity index (χ0) is 20.4. The lowest BCUT2D eigenvalue weighted by Crippen LogP contribution is -2.28. The third kappa shape index (κ3) is 5.97. The van der Waals surface area contributed by atoms with Gasteiger partial charge in [0.15, 0.2) is 18.1 Å². The third-order valence-electron chi connectivity index (χ3n) is 3.54. The number of ether oxygens (including phenoxy) is 4. The number of esters is 2. The van der Waals surface area contributed by atoms with Crippen LogP contribution >= 0.6 is 0 Å². The molecule has 0 saturated heterocycles. The maximum Gasteiger partial charge on any atom is 0.343 e. The molecule has 0 aliphatic heterocycles. The summed E-state index contributed by atoms with van der Waals surface area (Å²) in [7, 11) is 2.67. The molecule has 0 aliphatic carbocycles. The number of hydrogen-bond acceptors (Lipinski definition) is 8. The minimum Gasteiger partial charge on any atom is -0.493 e. The van der Waals surface area contributed by atoms with Crippen LogP contribution < -0.4 is 14.8 Å². The molecule has 0 bridgehead atoms. The highest BCUT2D eigenvalue weighted by Gasteiger charge is 2.14. The van der Waals surface area contributed by atoms with Gasteiger partial charge < -0.3 is 24.3 Å². The summed E-state index contributed by atoms with van der Waals surface area (Å²) in [5.41, 5.74) is 0.671. The predicted molar refractivity (Wildman–Crippen MR) is 97.4 cm³/mol. The van der Waals surface area contributed by atoms with Crippen molar-refractivity contribution >= 4 is 17.8 Å². The summed E-state index contributed by atoms with van der Waals surface area (Å²) in [4.78, 5) is 39.1. The predicted octanol–water partition coefficient (Wildman–Crippen LogP) is 1.23. The number of nitrogens with one attached hydrogen (secondary N) is 1. The molecular formula is C19H20N2O7. The number of hydrogen-bond donors (Lipinski definition) is 1. The average molecular weight is 388 g/mol. The van der Waals surface area contributed by atoms with Gasteiger partial charge in [0.1, 0.15) is 6.61 Å². The summed E-state index contributed by atoms with van der Waals surface area (Å²) < 4.78 is 20.1. The monoisotopic (exact) mass is 388 g/mol. The van der Waals surface area contributed by atoms with Crippen LogP contribution in [0.3, 0.4) is 0 Å². The smallest absolute Gasteiger partial charge is 0.343 e. The molecule has 0 saturated carbocycles. The largest absolute Gasteiger partial charge is 0.493 e. The number of pyridine rings is 1. The molecule has 0 radical (unpaired) electrons. The number of methoxy groups -OCH3 is 2. The van der Waals surface area contributed by atoms with Crippen molar-refractivity contribution in [1.82, 2.24) is 10.3 Å². The van der Waals surface area contributed by atoms with Crippen molar-refractivity contribution < 1.29 is 33.3 Å². The van der Waals surface area contributed by atoms with Gasteiger partial charge in [0.05, 0.1) is 26.3 Å². The fourth-order valence-electron chi connectivity index (χ4n) is 2.11. The highest BCUT2D eigenvalue weighted by molar-refractivity contribution is 5.94. The van der Waals surface area contributed by atoms with Crippen molar-refractivity contribution in [2.45, 2.75) is 0 Å². The van der Waals surface area contributed by atoms with E-state index in [0.29, 0.717) is 11.3 Å². The van der Waals surface area contributed by atoms with Crippen molar-refractivity contribution in [3.05, 3.63) is 53.9 Å². The molecule has 1 heterocycles. The Kier molecular flexibility index (Phi) is 7.77. The van der Waals surface area contributed by atoms with E-state index in [2.05, 4.69) is 15.0 Å². The molecule has 1 amide bonds. The maximum atomic E-state index is 12.2. The van der Waals surface area contributed by atoms with Gasteiger partial charge in [-0.3, -0.25) is 9.78 Å². The topological polar surface area (TPSA) is 113 Å². The molecule has 2 rings (SSSR count). The van der Waals surface area contributed by atoms with Gasteiger partial charge in [-0.25, -0.2) is 9.59 Å². The average Bonchev–Trinajstić information content (AvgIpc) is 2.74. The van der Waals surface area contributed by atoms with Crippen molar-refractivity contribution in [1.29, 1.82) is 0 Å². The van der Waals surface area contributed by atoms with E-state index in [1.807, 2.05) is 0 Å². The molecule has 9 nitrogen and oxygen atoms in total. The lowest BCUT2D eigenvalue weighted by Gasteiger charge is -2.12. The molecule has 1 aromatic heterocycles. The number of carbonyl (C=O) groups is 3. The van der Waals surface area contributed by atoms with Crippen molar-refractivity contribution in [3.8, 4) is 11.5 Å². The first kappa shape index (κ1) is 20.7. The Bertz CT molecular complexity index is 824. The molecule has 0 aliphatic rings. The number of amides is 1. The SMILES string of the molecule is COC(=O)COc1cc(C(=O)OCCNC(=O)c2ccncc2)ccc1OC. The van der Waals surface area contributed by atoms with Crippen LogP contribution in [0.15, 0.2) is 42.7 Å². The number of aromatic nitrogens is 1. The van der Waals surface area contributed by atoms with Crippen LogP contribution in [0.1, 0.15) is 20.7 Å². The van der Waals surface area contributed by atoms with Gasteiger partial charge in [-0.05, 0) is 30.3 Å². The van der Waals surface area contributed by atoms with Crippen LogP contribution in [0.4, 0.5) is 0 Å². The van der Waals surface area contributed by atoms with E-state index in [9.17, 15) is 14.4 Å². The molecule has 1 aromatic carbocycles. The van der Waals surface area contributed by atoms with E-state index in [1.165, 1.54) is 44.8 Å². The second-order valence-corrected chi connectivity index (χ2v) is 5.36. The highest BCUT2D eigenvalue weighted by atomic mass is 16.6. The van der Waals surface area contributed by atoms with Crippen LogP contribution in [0.25, 0.3) is 0 Å². The number of rotatable bonds is 9. The van der Waals surface area contributed by atoms with Gasteiger partial charge >= 0.3 is 11.9 Å². The fourth-order valence-corrected chi connectivity index (χ4v) is 2.11. The molecule has 2 aromatic rings. The van der Waals surface area contributed by atoms with E-state index in [1.54, 1.807) is 12.1 Å². The number of benzene rings is 1. The zero-order valence-corrected chi connectivity index (χ0v) is 15.5. The van der Waals surface area contributed by atoms with Crippen LogP contribution in [0, 0.1) is 0 Å². The molecule has 28 heavy (non-hydrogen) atoms. The number of carbonyl (C=O) groups excluding carboxylic acids is 3. The lowest BCUT2D eigenvalue weighted by molar-refractivity contribution is -0.142. The quantitative estimate of drug-likeness (QED) is 0.504. The standard InChI is InChI=1S/C19H20N2O7/c1-25-15-4-3-14(11-16(15)28-12-17(22)26-2)19(24)27-10-9-21-18(23)13-5-7-20-8-6-13/h3-8,11H,9-10,12H2,1-2H3,(H,21,23). The van der Waals surface area contributed by atoms with Gasteiger partial charge in [0.2, 0.25) is 0 Å². The van der Waals surface area contributed by atoms with Crippen molar-refractivity contribution in [2.24, 2.45) is 0 Å². The highest BCUT2D eigenvalue weighted by Crippen LogP contribution is 2.28. The molecule has 1 N–H and O–H groups in total.